The molecule has 0 saturated carbocycles. The maximum Gasteiger partial charge on any atom is 0.303 e. The van der Waals surface area contributed by atoms with Gasteiger partial charge in [0.1, 0.15) is 0 Å². The minimum atomic E-state index is -0.851. The maximum absolute atomic E-state index is 13.0. The zero-order valence-corrected chi connectivity index (χ0v) is 14.3. The summed E-state index contributed by atoms with van der Waals surface area (Å²) in [7, 11) is 1.81. The largest absolute Gasteiger partial charge is 0.481 e. The van der Waals surface area contributed by atoms with Gasteiger partial charge >= 0.3 is 5.97 Å². The van der Waals surface area contributed by atoms with Crippen LogP contribution in [0.15, 0.2) is 30.3 Å². The number of nitrogens with zero attached hydrogens (tertiary/aromatic N) is 3. The molecule has 0 fully saturated rings. The van der Waals surface area contributed by atoms with E-state index in [1.807, 2.05) is 51.2 Å². The average Bonchev–Trinajstić information content (AvgIpc) is 2.79. The Morgan fingerprint density at radius 3 is 2.42 bits per heavy atom. The molecule has 0 saturated heterocycles. The molecule has 0 atom stereocenters. The summed E-state index contributed by atoms with van der Waals surface area (Å²) >= 11 is 0. The van der Waals surface area contributed by atoms with Gasteiger partial charge < -0.3 is 10.0 Å². The molecular weight excluding hydrogens is 306 g/mol. The number of rotatable bonds is 7. The van der Waals surface area contributed by atoms with Crippen molar-refractivity contribution in [2.24, 2.45) is 7.05 Å². The first kappa shape index (κ1) is 17.7. The van der Waals surface area contributed by atoms with E-state index in [0.717, 1.165) is 11.3 Å². The van der Waals surface area contributed by atoms with Crippen molar-refractivity contribution < 1.29 is 14.7 Å². The zero-order chi connectivity index (χ0) is 17.7. The first-order chi connectivity index (χ1) is 11.4. The van der Waals surface area contributed by atoms with E-state index in [9.17, 15) is 9.59 Å². The molecule has 2 rings (SSSR count). The third-order valence-corrected chi connectivity index (χ3v) is 4.05. The van der Waals surface area contributed by atoms with E-state index in [1.54, 1.807) is 9.58 Å². The van der Waals surface area contributed by atoms with E-state index in [1.165, 1.54) is 0 Å². The number of carbonyl (C=O) groups excluding carboxylic acids is 1. The van der Waals surface area contributed by atoms with Gasteiger partial charge in [-0.2, -0.15) is 5.10 Å². The molecule has 0 aliphatic carbocycles. The van der Waals surface area contributed by atoms with E-state index in [0.29, 0.717) is 30.8 Å². The molecule has 6 nitrogen and oxygen atoms in total. The highest BCUT2D eigenvalue weighted by Crippen LogP contribution is 2.17. The Bertz CT molecular complexity index is 723. The molecule has 0 bridgehead atoms. The lowest BCUT2D eigenvalue weighted by atomic mass is 10.1. The van der Waals surface area contributed by atoms with Crippen molar-refractivity contribution in [3.8, 4) is 0 Å². The predicted octanol–water partition coefficient (Wildman–Crippen LogP) is 2.54. The number of aryl methyl sites for hydroxylation is 2. The molecule has 0 spiro atoms. The standard InChI is InChI=1S/C18H23N3O3/c1-13-17(14(2)20(3)19-13)18(24)21(11-7-10-16(22)23)12-15-8-5-4-6-9-15/h4-6,8-9H,7,10-12H2,1-3H3,(H,22,23). The van der Waals surface area contributed by atoms with E-state index in [2.05, 4.69) is 5.10 Å². The molecule has 0 aliphatic rings. The SMILES string of the molecule is Cc1nn(C)c(C)c1C(=O)N(CCCC(=O)O)Cc1ccccc1. The monoisotopic (exact) mass is 329 g/mol. The third kappa shape index (κ3) is 4.22. The van der Waals surface area contributed by atoms with Crippen LogP contribution >= 0.6 is 0 Å². The van der Waals surface area contributed by atoms with Crippen molar-refractivity contribution in [2.75, 3.05) is 6.54 Å². The lowest BCUT2D eigenvalue weighted by Gasteiger charge is -2.23. The van der Waals surface area contributed by atoms with Crippen LogP contribution < -0.4 is 0 Å². The topological polar surface area (TPSA) is 75.4 Å². The van der Waals surface area contributed by atoms with Crippen molar-refractivity contribution >= 4 is 11.9 Å². The van der Waals surface area contributed by atoms with Gasteiger partial charge in [-0.25, -0.2) is 0 Å². The Morgan fingerprint density at radius 2 is 1.88 bits per heavy atom. The van der Waals surface area contributed by atoms with Crippen LogP contribution in [0.5, 0.6) is 0 Å². The van der Waals surface area contributed by atoms with E-state index in [-0.39, 0.29) is 12.3 Å². The highest BCUT2D eigenvalue weighted by molar-refractivity contribution is 5.96. The normalized spacial score (nSPS) is 10.6. The number of amides is 1. The van der Waals surface area contributed by atoms with Crippen molar-refractivity contribution in [3.63, 3.8) is 0 Å². The first-order valence-corrected chi connectivity index (χ1v) is 7.95. The van der Waals surface area contributed by atoms with Gasteiger partial charge in [0, 0.05) is 32.3 Å². The number of carbonyl (C=O) groups is 2. The van der Waals surface area contributed by atoms with Crippen LogP contribution in [-0.2, 0) is 18.4 Å². The molecule has 128 valence electrons. The van der Waals surface area contributed by atoms with Crippen molar-refractivity contribution in [1.29, 1.82) is 0 Å². The number of carboxylic acids is 1. The second-order valence-electron chi connectivity index (χ2n) is 5.88. The summed E-state index contributed by atoms with van der Waals surface area (Å²) in [6, 6.07) is 9.70. The first-order valence-electron chi connectivity index (χ1n) is 7.95. The molecule has 0 unspecified atom stereocenters. The molecular formula is C18H23N3O3. The molecule has 1 aromatic carbocycles. The Labute approximate surface area is 141 Å². The highest BCUT2D eigenvalue weighted by atomic mass is 16.4. The number of hydrogen-bond acceptors (Lipinski definition) is 3. The smallest absolute Gasteiger partial charge is 0.303 e. The summed E-state index contributed by atoms with van der Waals surface area (Å²) < 4.78 is 1.69. The number of aliphatic carboxylic acids is 1. The zero-order valence-electron chi connectivity index (χ0n) is 14.3. The van der Waals surface area contributed by atoms with Gasteiger partial charge in [0.15, 0.2) is 0 Å². The molecule has 1 N–H and O–H groups in total. The summed E-state index contributed by atoms with van der Waals surface area (Å²) in [5, 5.41) is 13.2. The van der Waals surface area contributed by atoms with Crippen LogP contribution in [0, 0.1) is 13.8 Å². The summed E-state index contributed by atoms with van der Waals surface area (Å²) in [5.41, 5.74) is 3.12. The number of benzene rings is 1. The van der Waals surface area contributed by atoms with Gasteiger partial charge in [0.2, 0.25) is 0 Å². The van der Waals surface area contributed by atoms with Crippen LogP contribution in [0.25, 0.3) is 0 Å². The van der Waals surface area contributed by atoms with E-state index >= 15 is 0 Å². The number of carboxylic acid groups (broad SMARTS) is 1. The Balaban J connectivity index is 2.23. The lowest BCUT2D eigenvalue weighted by molar-refractivity contribution is -0.137. The van der Waals surface area contributed by atoms with Gasteiger partial charge in [-0.15, -0.1) is 0 Å². The molecule has 24 heavy (non-hydrogen) atoms. The fourth-order valence-corrected chi connectivity index (χ4v) is 2.72. The number of aromatic nitrogens is 2. The Morgan fingerprint density at radius 1 is 1.21 bits per heavy atom. The van der Waals surface area contributed by atoms with E-state index < -0.39 is 5.97 Å². The van der Waals surface area contributed by atoms with Crippen molar-refractivity contribution in [3.05, 3.63) is 52.8 Å². The lowest BCUT2D eigenvalue weighted by Crippen LogP contribution is -2.32. The van der Waals surface area contributed by atoms with Crippen LogP contribution in [0.2, 0.25) is 0 Å². The maximum atomic E-state index is 13.0. The van der Waals surface area contributed by atoms with Crippen LogP contribution in [0.3, 0.4) is 0 Å². The summed E-state index contributed by atoms with van der Waals surface area (Å²) in [4.78, 5) is 25.5. The van der Waals surface area contributed by atoms with Crippen LogP contribution in [0.1, 0.15) is 40.2 Å². The second-order valence-corrected chi connectivity index (χ2v) is 5.88. The van der Waals surface area contributed by atoms with Gasteiger partial charge in [0.05, 0.1) is 11.3 Å². The summed E-state index contributed by atoms with van der Waals surface area (Å²) in [6.45, 7) is 4.53. The second kappa shape index (κ2) is 7.77. The molecule has 1 aromatic heterocycles. The molecule has 2 aromatic rings. The van der Waals surface area contributed by atoms with Crippen LogP contribution in [-0.4, -0.2) is 38.2 Å². The van der Waals surface area contributed by atoms with Crippen LogP contribution in [0.4, 0.5) is 0 Å². The highest BCUT2D eigenvalue weighted by Gasteiger charge is 2.23. The Kier molecular flexibility index (Phi) is 5.73. The van der Waals surface area contributed by atoms with E-state index in [4.69, 9.17) is 5.11 Å². The Hall–Kier alpha value is -2.63. The van der Waals surface area contributed by atoms with Gasteiger partial charge in [0.25, 0.3) is 5.91 Å². The molecule has 0 aliphatic heterocycles. The summed E-state index contributed by atoms with van der Waals surface area (Å²) in [6.07, 6.45) is 0.468. The minimum Gasteiger partial charge on any atom is -0.481 e. The predicted molar refractivity (Wildman–Crippen MR) is 90.7 cm³/mol. The van der Waals surface area contributed by atoms with Crippen molar-refractivity contribution in [2.45, 2.75) is 33.2 Å². The fourth-order valence-electron chi connectivity index (χ4n) is 2.72. The molecule has 1 heterocycles. The molecule has 6 heteroatoms. The quantitative estimate of drug-likeness (QED) is 0.847. The average molecular weight is 329 g/mol. The van der Waals surface area contributed by atoms with Gasteiger partial charge in [-0.1, -0.05) is 30.3 Å². The van der Waals surface area contributed by atoms with Gasteiger partial charge in [-0.05, 0) is 25.8 Å². The molecule has 1 amide bonds. The number of hydrogen-bond donors (Lipinski definition) is 1. The minimum absolute atomic E-state index is 0.0452. The third-order valence-electron chi connectivity index (χ3n) is 4.05. The molecule has 0 radical (unpaired) electrons. The fraction of sp³-hybridized carbons (Fsp3) is 0.389. The van der Waals surface area contributed by atoms with Gasteiger partial charge in [-0.3, -0.25) is 14.3 Å². The summed E-state index contributed by atoms with van der Waals surface area (Å²) in [5.74, 6) is -0.955. The van der Waals surface area contributed by atoms with Crippen molar-refractivity contribution in [1.82, 2.24) is 14.7 Å².